The Morgan fingerprint density at radius 2 is 1.83 bits per heavy atom. The molecule has 1 fully saturated rings. The molecule has 1 aliphatic heterocycles. The van der Waals surface area contributed by atoms with Crippen LogP contribution in [-0.2, 0) is 15.0 Å². The van der Waals surface area contributed by atoms with Gasteiger partial charge in [0.1, 0.15) is 0 Å². The van der Waals surface area contributed by atoms with Crippen LogP contribution >= 0.6 is 0 Å². The Balaban J connectivity index is 2.33. The maximum absolute atomic E-state index is 12.6. The van der Waals surface area contributed by atoms with Gasteiger partial charge in [-0.1, -0.05) is 36.8 Å². The SMILES string of the molecule is CC[C@]1(c2ccc(C)cc2)CC(=O)N(C[C@@H](O)C(F)(F)F)C1=O. The Bertz CT molecular complexity index is 612. The molecule has 0 bridgehead atoms. The van der Waals surface area contributed by atoms with Gasteiger partial charge in [-0.3, -0.25) is 14.5 Å². The molecule has 0 aliphatic carbocycles. The van der Waals surface area contributed by atoms with Crippen LogP contribution in [0, 0.1) is 6.92 Å². The van der Waals surface area contributed by atoms with E-state index in [1.165, 1.54) is 0 Å². The number of carbonyl (C=O) groups is 2. The zero-order chi connectivity index (χ0) is 17.4. The highest BCUT2D eigenvalue weighted by molar-refractivity contribution is 6.09. The Labute approximate surface area is 131 Å². The number of imide groups is 1. The quantitative estimate of drug-likeness (QED) is 0.863. The van der Waals surface area contributed by atoms with Crippen molar-refractivity contribution in [2.45, 2.75) is 44.4 Å². The highest BCUT2D eigenvalue weighted by Crippen LogP contribution is 2.40. The van der Waals surface area contributed by atoms with Crippen molar-refractivity contribution in [3.63, 3.8) is 0 Å². The molecule has 0 radical (unpaired) electrons. The molecule has 0 aromatic heterocycles. The molecule has 2 amide bonds. The topological polar surface area (TPSA) is 57.6 Å². The van der Waals surface area contributed by atoms with Crippen LogP contribution in [0.5, 0.6) is 0 Å². The van der Waals surface area contributed by atoms with E-state index in [2.05, 4.69) is 0 Å². The van der Waals surface area contributed by atoms with Crippen LogP contribution in [0.3, 0.4) is 0 Å². The van der Waals surface area contributed by atoms with Crippen molar-refractivity contribution in [2.75, 3.05) is 6.54 Å². The highest BCUT2D eigenvalue weighted by atomic mass is 19.4. The first-order chi connectivity index (χ1) is 10.6. The fourth-order valence-corrected chi connectivity index (χ4v) is 2.84. The van der Waals surface area contributed by atoms with Gasteiger partial charge in [0.2, 0.25) is 11.8 Å². The van der Waals surface area contributed by atoms with E-state index in [1.807, 2.05) is 6.92 Å². The van der Waals surface area contributed by atoms with Crippen molar-refractivity contribution in [3.8, 4) is 0 Å². The van der Waals surface area contributed by atoms with E-state index in [1.54, 1.807) is 31.2 Å². The summed E-state index contributed by atoms with van der Waals surface area (Å²) in [4.78, 5) is 25.3. The number of rotatable bonds is 4. The van der Waals surface area contributed by atoms with Gasteiger partial charge in [0.25, 0.3) is 0 Å². The molecule has 1 aromatic rings. The monoisotopic (exact) mass is 329 g/mol. The lowest BCUT2D eigenvalue weighted by Gasteiger charge is -2.27. The first kappa shape index (κ1) is 17.5. The summed E-state index contributed by atoms with van der Waals surface area (Å²) in [6.07, 6.45) is -7.50. The predicted octanol–water partition coefficient (Wildman–Crippen LogP) is 2.32. The molecule has 0 saturated carbocycles. The lowest BCUT2D eigenvalue weighted by Crippen LogP contribution is -2.45. The summed E-state index contributed by atoms with van der Waals surface area (Å²) in [7, 11) is 0. The summed E-state index contributed by atoms with van der Waals surface area (Å²) in [6.45, 7) is 2.53. The van der Waals surface area contributed by atoms with E-state index in [4.69, 9.17) is 5.11 Å². The third-order valence-electron chi connectivity index (χ3n) is 4.35. The van der Waals surface area contributed by atoms with Gasteiger partial charge in [-0.25, -0.2) is 0 Å². The molecule has 126 valence electrons. The van der Waals surface area contributed by atoms with Crippen LogP contribution in [0.25, 0.3) is 0 Å². The van der Waals surface area contributed by atoms with Crippen molar-refractivity contribution in [1.82, 2.24) is 4.90 Å². The number of hydrogen-bond acceptors (Lipinski definition) is 3. The lowest BCUT2D eigenvalue weighted by atomic mass is 9.76. The van der Waals surface area contributed by atoms with E-state index < -0.39 is 36.1 Å². The smallest absolute Gasteiger partial charge is 0.382 e. The molecule has 0 spiro atoms. The molecular weight excluding hydrogens is 311 g/mol. The Kier molecular flexibility index (Phi) is 4.52. The standard InChI is InChI=1S/C16H18F3NO3/c1-3-15(11-6-4-10(2)5-7-11)8-13(22)20(14(15)23)9-12(21)16(17,18)19/h4-7,12,21H,3,8-9H2,1-2H3/t12-,15-/m1/s1. The highest BCUT2D eigenvalue weighted by Gasteiger charge is 2.53. The molecule has 1 aliphatic rings. The van der Waals surface area contributed by atoms with Gasteiger partial charge in [-0.2, -0.15) is 13.2 Å². The minimum absolute atomic E-state index is 0.185. The molecule has 7 heteroatoms. The number of nitrogens with zero attached hydrogens (tertiary/aromatic N) is 1. The number of carbonyl (C=O) groups excluding carboxylic acids is 2. The summed E-state index contributed by atoms with van der Waals surface area (Å²) in [5, 5.41) is 9.16. The third-order valence-corrected chi connectivity index (χ3v) is 4.35. The van der Waals surface area contributed by atoms with Crippen molar-refractivity contribution >= 4 is 11.8 Å². The molecule has 1 heterocycles. The number of aliphatic hydroxyl groups is 1. The lowest BCUT2D eigenvalue weighted by molar-refractivity contribution is -0.207. The van der Waals surface area contributed by atoms with Gasteiger partial charge >= 0.3 is 6.18 Å². The maximum atomic E-state index is 12.6. The van der Waals surface area contributed by atoms with Crippen molar-refractivity contribution in [3.05, 3.63) is 35.4 Å². The first-order valence-electron chi connectivity index (χ1n) is 7.28. The van der Waals surface area contributed by atoms with E-state index in [9.17, 15) is 22.8 Å². The molecule has 2 atom stereocenters. The number of amides is 2. The van der Waals surface area contributed by atoms with Crippen LogP contribution in [0.1, 0.15) is 30.9 Å². The van der Waals surface area contributed by atoms with Crippen LogP contribution < -0.4 is 0 Å². The summed E-state index contributed by atoms with van der Waals surface area (Å²) in [5.74, 6) is -1.38. The Morgan fingerprint density at radius 3 is 2.30 bits per heavy atom. The number of aryl methyl sites for hydroxylation is 1. The number of halogens is 3. The van der Waals surface area contributed by atoms with Gasteiger partial charge < -0.3 is 5.11 Å². The summed E-state index contributed by atoms with van der Waals surface area (Å²) < 4.78 is 37.5. The zero-order valence-electron chi connectivity index (χ0n) is 12.9. The summed E-state index contributed by atoms with van der Waals surface area (Å²) in [5.41, 5.74) is 0.421. The second kappa shape index (κ2) is 5.96. The summed E-state index contributed by atoms with van der Waals surface area (Å²) in [6, 6.07) is 7.01. The molecule has 23 heavy (non-hydrogen) atoms. The van der Waals surface area contributed by atoms with E-state index in [0.29, 0.717) is 16.9 Å². The Morgan fingerprint density at radius 1 is 1.26 bits per heavy atom. The fourth-order valence-electron chi connectivity index (χ4n) is 2.84. The number of likely N-dealkylation sites (tertiary alicyclic amines) is 1. The van der Waals surface area contributed by atoms with Gasteiger partial charge in [-0.15, -0.1) is 0 Å². The van der Waals surface area contributed by atoms with Crippen LogP contribution in [0.2, 0.25) is 0 Å². The number of aliphatic hydroxyl groups excluding tert-OH is 1. The van der Waals surface area contributed by atoms with Crippen molar-refractivity contribution < 1.29 is 27.9 Å². The third kappa shape index (κ3) is 3.10. The number of hydrogen-bond donors (Lipinski definition) is 1. The molecule has 0 unspecified atom stereocenters. The second-order valence-electron chi connectivity index (χ2n) is 5.85. The average molecular weight is 329 g/mol. The molecule has 1 saturated heterocycles. The van der Waals surface area contributed by atoms with Gasteiger partial charge in [0, 0.05) is 6.42 Å². The van der Waals surface area contributed by atoms with Gasteiger partial charge in [0.05, 0.1) is 12.0 Å². The van der Waals surface area contributed by atoms with Gasteiger partial charge in [-0.05, 0) is 18.9 Å². The molecular formula is C16H18F3NO3. The number of alkyl halides is 3. The largest absolute Gasteiger partial charge is 0.416 e. The zero-order valence-corrected chi connectivity index (χ0v) is 12.9. The minimum atomic E-state index is -4.87. The fraction of sp³-hybridized carbons (Fsp3) is 0.500. The molecule has 2 rings (SSSR count). The summed E-state index contributed by atoms with van der Waals surface area (Å²) >= 11 is 0. The normalized spacial score (nSPS) is 23.5. The first-order valence-corrected chi connectivity index (χ1v) is 7.28. The van der Waals surface area contributed by atoms with E-state index >= 15 is 0 Å². The average Bonchev–Trinajstić information content (AvgIpc) is 2.72. The second-order valence-corrected chi connectivity index (χ2v) is 5.85. The van der Waals surface area contributed by atoms with Crippen LogP contribution in [0.4, 0.5) is 13.2 Å². The molecule has 4 nitrogen and oxygen atoms in total. The molecule has 1 N–H and O–H groups in total. The molecule has 1 aromatic carbocycles. The van der Waals surface area contributed by atoms with Crippen LogP contribution in [0.15, 0.2) is 24.3 Å². The van der Waals surface area contributed by atoms with Crippen molar-refractivity contribution in [2.24, 2.45) is 0 Å². The Hall–Kier alpha value is -1.89. The van der Waals surface area contributed by atoms with E-state index in [-0.39, 0.29) is 6.42 Å². The van der Waals surface area contributed by atoms with Crippen molar-refractivity contribution in [1.29, 1.82) is 0 Å². The maximum Gasteiger partial charge on any atom is 0.416 e. The number of benzene rings is 1. The van der Waals surface area contributed by atoms with Crippen LogP contribution in [-0.4, -0.2) is 40.6 Å². The minimum Gasteiger partial charge on any atom is -0.382 e. The predicted molar refractivity (Wildman–Crippen MR) is 76.5 cm³/mol. The number of β-amino-alcohol motifs (C(OH)–C–C–N with tert-alkyl or cyclic N) is 1. The van der Waals surface area contributed by atoms with E-state index in [0.717, 1.165) is 5.56 Å². The van der Waals surface area contributed by atoms with Gasteiger partial charge in [0.15, 0.2) is 6.10 Å².